The average Bonchev–Trinajstić information content (AvgIpc) is 2.37. The smallest absolute Gasteiger partial charge is 0.119 e. The molecule has 0 unspecified atom stereocenters. The van der Waals surface area contributed by atoms with E-state index in [0.717, 1.165) is 25.2 Å². The maximum absolute atomic E-state index is 7.48. The highest BCUT2D eigenvalue weighted by Crippen LogP contribution is 2.20. The van der Waals surface area contributed by atoms with Crippen molar-refractivity contribution in [2.75, 3.05) is 20.3 Å². The minimum atomic E-state index is -0.307. The second-order valence-electron chi connectivity index (χ2n) is 5.28. The van der Waals surface area contributed by atoms with E-state index < -0.39 is 0 Å². The second kappa shape index (κ2) is 7.14. The summed E-state index contributed by atoms with van der Waals surface area (Å²) in [6.07, 6.45) is 1.64. The summed E-state index contributed by atoms with van der Waals surface area (Å²) in [5.74, 6) is 1.05. The van der Waals surface area contributed by atoms with Gasteiger partial charge in [0, 0.05) is 12.5 Å². The van der Waals surface area contributed by atoms with Crippen molar-refractivity contribution in [3.8, 4) is 5.75 Å². The van der Waals surface area contributed by atoms with Crippen LogP contribution in [0.4, 0.5) is 0 Å². The third-order valence-corrected chi connectivity index (χ3v) is 3.24. The molecule has 0 aromatic heterocycles. The van der Waals surface area contributed by atoms with E-state index in [-0.39, 0.29) is 11.3 Å². The lowest BCUT2D eigenvalue weighted by atomic mass is 9.88. The average molecular weight is 264 g/mol. The van der Waals surface area contributed by atoms with E-state index in [1.54, 1.807) is 7.11 Å². The van der Waals surface area contributed by atoms with Crippen LogP contribution in [0.1, 0.15) is 25.8 Å². The maximum atomic E-state index is 7.48. The van der Waals surface area contributed by atoms with E-state index in [0.29, 0.717) is 6.61 Å². The fourth-order valence-electron chi connectivity index (χ4n) is 1.53. The van der Waals surface area contributed by atoms with E-state index in [1.165, 1.54) is 5.56 Å². The molecule has 1 aromatic carbocycles. The SMILES string of the molecule is COCCc1ccc(OCCC(C)(C)C(=N)N)cc1. The van der Waals surface area contributed by atoms with Crippen molar-refractivity contribution in [3.05, 3.63) is 29.8 Å². The number of ether oxygens (including phenoxy) is 2. The summed E-state index contributed by atoms with van der Waals surface area (Å²) in [5, 5.41) is 7.48. The van der Waals surface area contributed by atoms with Gasteiger partial charge in [-0.1, -0.05) is 26.0 Å². The first-order valence-electron chi connectivity index (χ1n) is 6.51. The zero-order valence-corrected chi connectivity index (χ0v) is 12.0. The number of hydrogen-bond acceptors (Lipinski definition) is 3. The highest BCUT2D eigenvalue weighted by atomic mass is 16.5. The molecule has 1 aromatic rings. The number of benzene rings is 1. The Morgan fingerprint density at radius 1 is 1.21 bits per heavy atom. The number of hydrogen-bond donors (Lipinski definition) is 2. The standard InChI is InChI=1S/C15H24N2O2/c1-15(2,14(16)17)9-11-19-13-6-4-12(5-7-13)8-10-18-3/h4-7H,8-11H2,1-3H3,(H3,16,17). The van der Waals surface area contributed by atoms with Crippen LogP contribution >= 0.6 is 0 Å². The van der Waals surface area contributed by atoms with Crippen molar-refractivity contribution in [2.24, 2.45) is 11.1 Å². The number of methoxy groups -OCH3 is 1. The van der Waals surface area contributed by atoms with E-state index >= 15 is 0 Å². The number of nitrogens with two attached hydrogens (primary N) is 1. The monoisotopic (exact) mass is 264 g/mol. The molecule has 0 amide bonds. The fraction of sp³-hybridized carbons (Fsp3) is 0.533. The second-order valence-corrected chi connectivity index (χ2v) is 5.28. The molecule has 0 bridgehead atoms. The van der Waals surface area contributed by atoms with E-state index in [4.69, 9.17) is 20.6 Å². The molecule has 0 saturated heterocycles. The number of rotatable bonds is 8. The third-order valence-electron chi connectivity index (χ3n) is 3.24. The molecule has 0 spiro atoms. The maximum Gasteiger partial charge on any atom is 0.119 e. The van der Waals surface area contributed by atoms with Crippen LogP contribution in [0.5, 0.6) is 5.75 Å². The summed E-state index contributed by atoms with van der Waals surface area (Å²) in [7, 11) is 1.70. The van der Waals surface area contributed by atoms with Crippen molar-refractivity contribution < 1.29 is 9.47 Å². The lowest BCUT2D eigenvalue weighted by Crippen LogP contribution is -2.32. The van der Waals surface area contributed by atoms with E-state index in [1.807, 2.05) is 38.1 Å². The molecular weight excluding hydrogens is 240 g/mol. The molecule has 0 aliphatic rings. The summed E-state index contributed by atoms with van der Waals surface area (Å²) in [6, 6.07) is 8.02. The van der Waals surface area contributed by atoms with Crippen molar-refractivity contribution in [3.63, 3.8) is 0 Å². The Kier molecular flexibility index (Phi) is 5.83. The number of nitrogens with one attached hydrogen (secondary N) is 1. The molecule has 0 heterocycles. The molecule has 3 N–H and O–H groups in total. The van der Waals surface area contributed by atoms with Gasteiger partial charge in [0.1, 0.15) is 5.75 Å². The first-order chi connectivity index (χ1) is 8.95. The molecule has 1 rings (SSSR count). The molecule has 0 aliphatic heterocycles. The van der Waals surface area contributed by atoms with Crippen LogP contribution in [0.2, 0.25) is 0 Å². The van der Waals surface area contributed by atoms with Crippen molar-refractivity contribution in [1.82, 2.24) is 0 Å². The molecule has 0 saturated carbocycles. The zero-order valence-electron chi connectivity index (χ0n) is 12.0. The highest BCUT2D eigenvalue weighted by molar-refractivity contribution is 5.82. The van der Waals surface area contributed by atoms with Gasteiger partial charge in [0.15, 0.2) is 0 Å². The van der Waals surface area contributed by atoms with Crippen molar-refractivity contribution >= 4 is 5.84 Å². The topological polar surface area (TPSA) is 68.3 Å². The zero-order chi connectivity index (χ0) is 14.3. The van der Waals surface area contributed by atoms with Gasteiger partial charge in [-0.05, 0) is 30.5 Å². The molecule has 4 nitrogen and oxygen atoms in total. The normalized spacial score (nSPS) is 11.3. The van der Waals surface area contributed by atoms with Gasteiger partial charge in [0.25, 0.3) is 0 Å². The third kappa shape index (κ3) is 5.30. The van der Waals surface area contributed by atoms with Gasteiger partial charge in [-0.3, -0.25) is 5.41 Å². The minimum Gasteiger partial charge on any atom is -0.494 e. The van der Waals surface area contributed by atoms with Gasteiger partial charge < -0.3 is 15.2 Å². The van der Waals surface area contributed by atoms with Crippen LogP contribution in [-0.2, 0) is 11.2 Å². The van der Waals surface area contributed by atoms with Gasteiger partial charge in [0.2, 0.25) is 0 Å². The lowest BCUT2D eigenvalue weighted by molar-refractivity contribution is 0.202. The predicted molar refractivity (Wildman–Crippen MR) is 77.8 cm³/mol. The largest absolute Gasteiger partial charge is 0.494 e. The van der Waals surface area contributed by atoms with Gasteiger partial charge in [-0.25, -0.2) is 0 Å². The molecule has 0 atom stereocenters. The van der Waals surface area contributed by atoms with Gasteiger partial charge in [-0.2, -0.15) is 0 Å². The summed E-state index contributed by atoms with van der Waals surface area (Å²) in [4.78, 5) is 0. The molecule has 0 fully saturated rings. The molecule has 19 heavy (non-hydrogen) atoms. The van der Waals surface area contributed by atoms with Crippen LogP contribution in [0.3, 0.4) is 0 Å². The van der Waals surface area contributed by atoms with E-state index in [2.05, 4.69) is 0 Å². The van der Waals surface area contributed by atoms with Gasteiger partial charge in [-0.15, -0.1) is 0 Å². The molecule has 106 valence electrons. The van der Waals surface area contributed by atoms with Crippen LogP contribution in [-0.4, -0.2) is 26.2 Å². The lowest BCUT2D eigenvalue weighted by Gasteiger charge is -2.22. The Labute approximate surface area is 115 Å². The Morgan fingerprint density at radius 3 is 2.37 bits per heavy atom. The van der Waals surface area contributed by atoms with Crippen LogP contribution < -0.4 is 10.5 Å². The number of amidine groups is 1. The molecule has 0 aliphatic carbocycles. The fourth-order valence-corrected chi connectivity index (χ4v) is 1.53. The quantitative estimate of drug-likeness (QED) is 0.560. The first kappa shape index (κ1) is 15.5. The van der Waals surface area contributed by atoms with Crippen LogP contribution in [0, 0.1) is 10.8 Å². The minimum absolute atomic E-state index is 0.200. The van der Waals surface area contributed by atoms with Crippen molar-refractivity contribution in [2.45, 2.75) is 26.7 Å². The summed E-state index contributed by atoms with van der Waals surface area (Å²) in [5.41, 5.74) is 6.46. The Bertz CT molecular complexity index is 399. The molecular formula is C15H24N2O2. The molecule has 4 heteroatoms. The van der Waals surface area contributed by atoms with Gasteiger partial charge >= 0.3 is 0 Å². The van der Waals surface area contributed by atoms with E-state index in [9.17, 15) is 0 Å². The Balaban J connectivity index is 2.40. The predicted octanol–water partition coefficient (Wildman–Crippen LogP) is 2.61. The van der Waals surface area contributed by atoms with Crippen molar-refractivity contribution in [1.29, 1.82) is 5.41 Å². The highest BCUT2D eigenvalue weighted by Gasteiger charge is 2.21. The summed E-state index contributed by atoms with van der Waals surface area (Å²) >= 11 is 0. The first-order valence-corrected chi connectivity index (χ1v) is 6.51. The Morgan fingerprint density at radius 2 is 1.84 bits per heavy atom. The van der Waals surface area contributed by atoms with Gasteiger partial charge in [0.05, 0.1) is 19.0 Å². The summed E-state index contributed by atoms with van der Waals surface area (Å²) in [6.45, 7) is 5.19. The Hall–Kier alpha value is -1.55. The van der Waals surface area contributed by atoms with Crippen LogP contribution in [0.15, 0.2) is 24.3 Å². The van der Waals surface area contributed by atoms with Crippen LogP contribution in [0.25, 0.3) is 0 Å². The summed E-state index contributed by atoms with van der Waals surface area (Å²) < 4.78 is 10.7. The molecule has 0 radical (unpaired) electrons.